The van der Waals surface area contributed by atoms with Gasteiger partial charge in [0.2, 0.25) is 0 Å². The van der Waals surface area contributed by atoms with Crippen LogP contribution in [-0.4, -0.2) is 50.1 Å². The summed E-state index contributed by atoms with van der Waals surface area (Å²) in [7, 11) is 0. The summed E-state index contributed by atoms with van der Waals surface area (Å²) in [5.74, 6) is -0.389. The second-order valence-electron chi connectivity index (χ2n) is 8.28. The molecular weight excluding hydrogens is 441 g/mol. The van der Waals surface area contributed by atoms with Gasteiger partial charge in [0, 0.05) is 44.7 Å². The van der Waals surface area contributed by atoms with Gasteiger partial charge in [-0.2, -0.15) is 0 Å². The largest absolute Gasteiger partial charge is 0.422 e. The van der Waals surface area contributed by atoms with Gasteiger partial charge >= 0.3 is 5.63 Å². The molecule has 3 heterocycles. The van der Waals surface area contributed by atoms with Crippen LogP contribution < -0.4 is 15.8 Å². The van der Waals surface area contributed by atoms with E-state index < -0.39 is 5.63 Å². The Kier molecular flexibility index (Phi) is 5.86. The van der Waals surface area contributed by atoms with Crippen molar-refractivity contribution in [1.29, 1.82) is 0 Å². The van der Waals surface area contributed by atoms with Crippen LogP contribution in [0.25, 0.3) is 21.1 Å². The molecule has 170 valence electrons. The molecule has 0 saturated carbocycles. The van der Waals surface area contributed by atoms with E-state index in [-0.39, 0.29) is 11.7 Å². The molecule has 0 aliphatic carbocycles. The lowest BCUT2D eigenvalue weighted by molar-refractivity contribution is 0.0952. The van der Waals surface area contributed by atoms with E-state index in [4.69, 9.17) is 4.42 Å². The molecule has 8 heteroatoms. The van der Waals surface area contributed by atoms with Crippen molar-refractivity contribution in [3.63, 3.8) is 0 Å². The van der Waals surface area contributed by atoms with Gasteiger partial charge in [0.05, 0.1) is 20.7 Å². The van der Waals surface area contributed by atoms with Crippen LogP contribution in [-0.2, 0) is 0 Å². The molecule has 6 nitrogen and oxygen atoms in total. The Hall–Kier alpha value is -3.23. The summed E-state index contributed by atoms with van der Waals surface area (Å²) < 4.78 is 20.2. The highest BCUT2D eigenvalue weighted by molar-refractivity contribution is 7.21. The van der Waals surface area contributed by atoms with E-state index in [2.05, 4.69) is 15.1 Å². The van der Waals surface area contributed by atoms with Gasteiger partial charge < -0.3 is 14.6 Å². The van der Waals surface area contributed by atoms with E-state index in [1.807, 2.05) is 25.1 Å². The maximum Gasteiger partial charge on any atom is 0.345 e. The summed E-state index contributed by atoms with van der Waals surface area (Å²) >= 11 is 1.32. The van der Waals surface area contributed by atoms with Crippen LogP contribution in [0.4, 0.5) is 10.1 Å². The average Bonchev–Trinajstić information content (AvgIpc) is 3.27. The average molecular weight is 466 g/mol. The number of nitrogens with one attached hydrogen (secondary N) is 1. The fraction of sp³-hybridized carbons (Fsp3) is 0.280. The number of halogens is 1. The van der Waals surface area contributed by atoms with Crippen LogP contribution in [0.5, 0.6) is 0 Å². The minimum absolute atomic E-state index is 0.193. The summed E-state index contributed by atoms with van der Waals surface area (Å²) in [5, 5.41) is 4.25. The lowest BCUT2D eigenvalue weighted by Crippen LogP contribution is -2.48. The molecule has 4 aromatic rings. The number of hydrogen-bond donors (Lipinski definition) is 1. The summed E-state index contributed by atoms with van der Waals surface area (Å²) in [6, 6.07) is 14.1. The fourth-order valence-corrected chi connectivity index (χ4v) is 5.34. The summed E-state index contributed by atoms with van der Waals surface area (Å²) in [4.78, 5) is 29.9. The predicted molar refractivity (Wildman–Crippen MR) is 130 cm³/mol. The van der Waals surface area contributed by atoms with Gasteiger partial charge in [0.25, 0.3) is 5.91 Å². The Morgan fingerprint density at radius 1 is 1.09 bits per heavy atom. The van der Waals surface area contributed by atoms with Crippen molar-refractivity contribution in [3.8, 4) is 0 Å². The quantitative estimate of drug-likeness (QED) is 0.451. The second kappa shape index (κ2) is 8.96. The van der Waals surface area contributed by atoms with Crippen molar-refractivity contribution in [2.24, 2.45) is 0 Å². The maximum absolute atomic E-state index is 14.0. The molecular formula is C25H24FN3O3S. The molecule has 33 heavy (non-hydrogen) atoms. The molecule has 0 spiro atoms. The SMILES string of the molecule is Cc1ccc2oc(=O)c3cc(C(=O)NCCN4CCN(c5ccccc5F)CC4)sc3c2c1. The Bertz CT molecular complexity index is 1390. The highest BCUT2D eigenvalue weighted by Gasteiger charge is 2.20. The van der Waals surface area contributed by atoms with E-state index in [1.54, 1.807) is 24.3 Å². The molecule has 1 amide bonds. The minimum Gasteiger partial charge on any atom is -0.422 e. The Labute approximate surface area is 194 Å². The molecule has 1 fully saturated rings. The van der Waals surface area contributed by atoms with Crippen LogP contribution in [0.3, 0.4) is 0 Å². The second-order valence-corrected chi connectivity index (χ2v) is 9.33. The van der Waals surface area contributed by atoms with Crippen molar-refractivity contribution >= 4 is 44.0 Å². The Morgan fingerprint density at radius 3 is 2.67 bits per heavy atom. The number of anilines is 1. The van der Waals surface area contributed by atoms with Gasteiger partial charge in [-0.25, -0.2) is 9.18 Å². The van der Waals surface area contributed by atoms with E-state index in [1.165, 1.54) is 17.4 Å². The lowest BCUT2D eigenvalue weighted by atomic mass is 10.1. The minimum atomic E-state index is -0.427. The molecule has 2 aromatic carbocycles. The zero-order chi connectivity index (χ0) is 22.9. The molecule has 0 bridgehead atoms. The van der Waals surface area contributed by atoms with E-state index in [0.717, 1.165) is 41.8 Å². The monoisotopic (exact) mass is 465 g/mol. The number of thiophene rings is 1. The van der Waals surface area contributed by atoms with Crippen LogP contribution in [0, 0.1) is 12.7 Å². The van der Waals surface area contributed by atoms with Crippen molar-refractivity contribution in [2.45, 2.75) is 6.92 Å². The Morgan fingerprint density at radius 2 is 1.88 bits per heavy atom. The summed E-state index contributed by atoms with van der Waals surface area (Å²) in [5.41, 5.74) is 1.81. The number of piperazine rings is 1. The molecule has 1 aliphatic heterocycles. The number of hydrogen-bond acceptors (Lipinski definition) is 6. The van der Waals surface area contributed by atoms with Gasteiger partial charge in [-0.05, 0) is 37.3 Å². The van der Waals surface area contributed by atoms with Crippen molar-refractivity contribution < 1.29 is 13.6 Å². The molecule has 0 unspecified atom stereocenters. The lowest BCUT2D eigenvalue weighted by Gasteiger charge is -2.36. The number of carbonyl (C=O) groups is 1. The first-order valence-corrected chi connectivity index (χ1v) is 11.8. The molecule has 1 N–H and O–H groups in total. The van der Waals surface area contributed by atoms with Crippen molar-refractivity contribution in [1.82, 2.24) is 10.2 Å². The summed E-state index contributed by atoms with van der Waals surface area (Å²) in [6.45, 7) is 6.29. The third-order valence-electron chi connectivity index (χ3n) is 6.04. The first kappa shape index (κ1) is 21.6. The topological polar surface area (TPSA) is 65.8 Å². The van der Waals surface area contributed by atoms with Crippen LogP contribution in [0.2, 0.25) is 0 Å². The highest BCUT2D eigenvalue weighted by Crippen LogP contribution is 2.31. The normalized spacial score (nSPS) is 14.8. The fourth-order valence-electron chi connectivity index (χ4n) is 4.25. The van der Waals surface area contributed by atoms with Gasteiger partial charge in [-0.3, -0.25) is 9.69 Å². The van der Waals surface area contributed by atoms with Crippen LogP contribution >= 0.6 is 11.3 Å². The number of para-hydroxylation sites is 1. The zero-order valence-corrected chi connectivity index (χ0v) is 19.1. The van der Waals surface area contributed by atoms with E-state index >= 15 is 0 Å². The number of amides is 1. The molecule has 0 radical (unpaired) electrons. The van der Waals surface area contributed by atoms with Crippen LogP contribution in [0.15, 0.2) is 57.7 Å². The Balaban J connectivity index is 1.20. The molecule has 1 saturated heterocycles. The number of nitrogens with zero attached hydrogens (tertiary/aromatic N) is 2. The first-order valence-electron chi connectivity index (χ1n) is 11.0. The number of fused-ring (bicyclic) bond motifs is 3. The number of aryl methyl sites for hydroxylation is 1. The predicted octanol–water partition coefficient (Wildman–Crippen LogP) is 4.01. The first-order chi connectivity index (χ1) is 16.0. The summed E-state index contributed by atoms with van der Waals surface area (Å²) in [6.07, 6.45) is 0. The van der Waals surface area contributed by atoms with Crippen molar-refractivity contribution in [2.75, 3.05) is 44.2 Å². The van der Waals surface area contributed by atoms with Gasteiger partial charge in [-0.1, -0.05) is 23.8 Å². The number of carbonyl (C=O) groups excluding carboxylic acids is 1. The van der Waals surface area contributed by atoms with Crippen LogP contribution in [0.1, 0.15) is 15.2 Å². The van der Waals surface area contributed by atoms with Gasteiger partial charge in [0.15, 0.2) is 0 Å². The number of benzene rings is 2. The van der Waals surface area contributed by atoms with Crippen molar-refractivity contribution in [3.05, 3.63) is 75.2 Å². The molecule has 5 rings (SSSR count). The third-order valence-corrected chi connectivity index (χ3v) is 7.20. The maximum atomic E-state index is 14.0. The van der Waals surface area contributed by atoms with Gasteiger partial charge in [-0.15, -0.1) is 11.3 Å². The van der Waals surface area contributed by atoms with E-state index in [9.17, 15) is 14.0 Å². The van der Waals surface area contributed by atoms with Gasteiger partial charge in [0.1, 0.15) is 11.4 Å². The zero-order valence-electron chi connectivity index (χ0n) is 18.3. The smallest absolute Gasteiger partial charge is 0.345 e. The highest BCUT2D eigenvalue weighted by atomic mass is 32.1. The number of rotatable bonds is 5. The molecule has 1 aliphatic rings. The standard InChI is InChI=1S/C25H24FN3O3S/c1-16-6-7-21-17(14-16)23-18(25(31)32-21)15-22(33-23)24(30)27-8-9-28-10-12-29(13-11-28)20-5-3-2-4-19(20)26/h2-7,14-15H,8-13H2,1H3,(H,27,30). The third kappa shape index (κ3) is 4.36. The molecule has 2 aromatic heterocycles. The van der Waals surface area contributed by atoms with E-state index in [0.29, 0.717) is 34.6 Å². The molecule has 0 atom stereocenters.